The molecule has 1 amide bonds. The van der Waals surface area contributed by atoms with Crippen molar-refractivity contribution in [1.29, 1.82) is 0 Å². The standard InChI is InChI=1S/C21H27ClN2O4S/c1-4-16(12-17-8-6-5-7-9-17)14-23-21(25)15-24(29(3,26)27)19-13-18(22)10-11-20(19)28-2/h5-11,13,16H,4,12,14-15H2,1-3H3,(H,23,25). The van der Waals surface area contributed by atoms with Crippen molar-refractivity contribution in [1.82, 2.24) is 5.32 Å². The summed E-state index contributed by atoms with van der Waals surface area (Å²) in [7, 11) is -2.29. The quantitative estimate of drug-likeness (QED) is 0.616. The van der Waals surface area contributed by atoms with Crippen LogP contribution in [0, 0.1) is 5.92 Å². The fourth-order valence-electron chi connectivity index (χ4n) is 2.99. The van der Waals surface area contributed by atoms with Gasteiger partial charge in [-0.15, -0.1) is 0 Å². The number of carbonyl (C=O) groups excluding carboxylic acids is 1. The van der Waals surface area contributed by atoms with E-state index in [1.165, 1.54) is 18.7 Å². The predicted molar refractivity (Wildman–Crippen MR) is 117 cm³/mol. The molecule has 0 spiro atoms. The lowest BCUT2D eigenvalue weighted by Gasteiger charge is -2.24. The van der Waals surface area contributed by atoms with Crippen LogP contribution in [0.2, 0.25) is 5.02 Å². The molecule has 0 radical (unpaired) electrons. The first-order valence-corrected chi connectivity index (χ1v) is 11.6. The minimum Gasteiger partial charge on any atom is -0.495 e. The van der Waals surface area contributed by atoms with Crippen LogP contribution < -0.4 is 14.4 Å². The zero-order chi connectivity index (χ0) is 21.4. The number of nitrogens with one attached hydrogen (secondary N) is 1. The number of benzene rings is 2. The molecule has 0 fully saturated rings. The molecule has 0 aliphatic heterocycles. The molecule has 29 heavy (non-hydrogen) atoms. The fourth-order valence-corrected chi connectivity index (χ4v) is 4.01. The Labute approximate surface area is 177 Å². The minimum atomic E-state index is -3.72. The summed E-state index contributed by atoms with van der Waals surface area (Å²) in [6.45, 7) is 2.19. The molecule has 0 saturated heterocycles. The van der Waals surface area contributed by atoms with Crippen LogP contribution in [-0.4, -0.2) is 40.8 Å². The number of hydrogen-bond donors (Lipinski definition) is 1. The van der Waals surface area contributed by atoms with E-state index < -0.39 is 10.0 Å². The molecule has 2 aromatic rings. The molecule has 2 aromatic carbocycles. The molecule has 6 nitrogen and oxygen atoms in total. The van der Waals surface area contributed by atoms with Gasteiger partial charge in [0.2, 0.25) is 15.9 Å². The Balaban J connectivity index is 2.08. The summed E-state index contributed by atoms with van der Waals surface area (Å²) in [6.07, 6.45) is 2.79. The number of methoxy groups -OCH3 is 1. The normalized spacial score (nSPS) is 12.3. The predicted octanol–water partition coefficient (Wildman–Crippen LogP) is 3.50. The molecule has 0 bridgehead atoms. The number of rotatable bonds is 10. The fraction of sp³-hybridized carbons (Fsp3) is 0.381. The second-order valence-electron chi connectivity index (χ2n) is 6.85. The first kappa shape index (κ1) is 23.0. The number of carbonyl (C=O) groups is 1. The van der Waals surface area contributed by atoms with E-state index in [1.807, 2.05) is 18.2 Å². The van der Waals surface area contributed by atoms with E-state index >= 15 is 0 Å². The van der Waals surface area contributed by atoms with Gasteiger partial charge in [-0.25, -0.2) is 8.42 Å². The monoisotopic (exact) mass is 438 g/mol. The van der Waals surface area contributed by atoms with Crippen LogP contribution in [0.4, 0.5) is 5.69 Å². The van der Waals surface area contributed by atoms with Gasteiger partial charge in [0.05, 0.1) is 19.1 Å². The summed E-state index contributed by atoms with van der Waals surface area (Å²) in [5.74, 6) is 0.195. The average Bonchev–Trinajstić information content (AvgIpc) is 2.69. The van der Waals surface area contributed by atoms with Crippen LogP contribution in [0.5, 0.6) is 5.75 Å². The van der Waals surface area contributed by atoms with E-state index in [2.05, 4.69) is 24.4 Å². The molecule has 0 aromatic heterocycles. The summed E-state index contributed by atoms with van der Waals surface area (Å²) in [4.78, 5) is 12.5. The minimum absolute atomic E-state index is 0.231. The lowest BCUT2D eigenvalue weighted by molar-refractivity contribution is -0.119. The summed E-state index contributed by atoms with van der Waals surface area (Å²) < 4.78 is 30.9. The van der Waals surface area contributed by atoms with E-state index in [0.29, 0.717) is 17.3 Å². The van der Waals surface area contributed by atoms with E-state index in [1.54, 1.807) is 12.1 Å². The zero-order valence-electron chi connectivity index (χ0n) is 16.9. The van der Waals surface area contributed by atoms with Crippen molar-refractivity contribution in [2.75, 3.05) is 30.8 Å². The van der Waals surface area contributed by atoms with Crippen LogP contribution in [0.25, 0.3) is 0 Å². The highest BCUT2D eigenvalue weighted by molar-refractivity contribution is 7.92. The molecule has 158 valence electrons. The Morgan fingerprint density at radius 3 is 2.48 bits per heavy atom. The maximum atomic E-state index is 12.5. The molecule has 0 heterocycles. The number of halogens is 1. The van der Waals surface area contributed by atoms with Crippen LogP contribution in [0.15, 0.2) is 48.5 Å². The zero-order valence-corrected chi connectivity index (χ0v) is 18.5. The van der Waals surface area contributed by atoms with Crippen molar-refractivity contribution >= 4 is 33.2 Å². The maximum absolute atomic E-state index is 12.5. The molecule has 0 aliphatic carbocycles. The largest absolute Gasteiger partial charge is 0.495 e. The SMILES string of the molecule is CCC(CNC(=O)CN(c1cc(Cl)ccc1OC)S(C)(=O)=O)Cc1ccccc1. The third kappa shape index (κ3) is 6.94. The lowest BCUT2D eigenvalue weighted by atomic mass is 9.97. The van der Waals surface area contributed by atoms with Crippen molar-refractivity contribution in [2.24, 2.45) is 5.92 Å². The van der Waals surface area contributed by atoms with Crippen molar-refractivity contribution in [3.8, 4) is 5.75 Å². The highest BCUT2D eigenvalue weighted by Gasteiger charge is 2.24. The van der Waals surface area contributed by atoms with Gasteiger partial charge in [0.25, 0.3) is 0 Å². The smallest absolute Gasteiger partial charge is 0.240 e. The third-order valence-corrected chi connectivity index (χ3v) is 5.99. The molecule has 1 unspecified atom stereocenters. The highest BCUT2D eigenvalue weighted by atomic mass is 35.5. The number of hydrogen-bond acceptors (Lipinski definition) is 4. The molecule has 2 rings (SSSR count). The van der Waals surface area contributed by atoms with Gasteiger partial charge >= 0.3 is 0 Å². The summed E-state index contributed by atoms with van der Waals surface area (Å²) in [5.41, 5.74) is 1.43. The second kappa shape index (κ2) is 10.5. The Bertz CT molecular complexity index is 920. The van der Waals surface area contributed by atoms with E-state index in [0.717, 1.165) is 23.4 Å². The number of nitrogens with zero attached hydrogens (tertiary/aromatic N) is 1. The second-order valence-corrected chi connectivity index (χ2v) is 9.20. The van der Waals surface area contributed by atoms with Crippen LogP contribution in [0.1, 0.15) is 18.9 Å². The van der Waals surface area contributed by atoms with E-state index in [-0.39, 0.29) is 24.1 Å². The topological polar surface area (TPSA) is 75.7 Å². The van der Waals surface area contributed by atoms with Crippen LogP contribution in [0.3, 0.4) is 0 Å². The molecule has 1 N–H and O–H groups in total. The van der Waals surface area contributed by atoms with Gasteiger partial charge in [-0.2, -0.15) is 0 Å². The Kier molecular flexibility index (Phi) is 8.34. The summed E-state index contributed by atoms with van der Waals surface area (Å²) in [5, 5.41) is 3.21. The number of amides is 1. The van der Waals surface area contributed by atoms with Crippen LogP contribution >= 0.6 is 11.6 Å². The van der Waals surface area contributed by atoms with Gasteiger partial charge in [-0.1, -0.05) is 55.3 Å². The van der Waals surface area contributed by atoms with Gasteiger partial charge in [-0.05, 0) is 36.1 Å². The Hall–Kier alpha value is -2.25. The number of ether oxygens (including phenoxy) is 1. The summed E-state index contributed by atoms with van der Waals surface area (Å²) in [6, 6.07) is 14.7. The molecule has 0 aliphatic rings. The summed E-state index contributed by atoms with van der Waals surface area (Å²) >= 11 is 6.03. The maximum Gasteiger partial charge on any atom is 0.240 e. The van der Waals surface area contributed by atoms with Gasteiger partial charge in [0.1, 0.15) is 12.3 Å². The Morgan fingerprint density at radius 1 is 1.21 bits per heavy atom. The molecular weight excluding hydrogens is 412 g/mol. The molecule has 8 heteroatoms. The van der Waals surface area contributed by atoms with Gasteiger partial charge in [0, 0.05) is 11.6 Å². The van der Waals surface area contributed by atoms with E-state index in [9.17, 15) is 13.2 Å². The first-order valence-electron chi connectivity index (χ1n) is 9.36. The highest BCUT2D eigenvalue weighted by Crippen LogP contribution is 2.32. The van der Waals surface area contributed by atoms with Crippen LogP contribution in [-0.2, 0) is 21.2 Å². The number of sulfonamides is 1. The van der Waals surface area contributed by atoms with Gasteiger partial charge in [-0.3, -0.25) is 9.10 Å². The average molecular weight is 439 g/mol. The van der Waals surface area contributed by atoms with Crippen molar-refractivity contribution in [3.05, 3.63) is 59.1 Å². The lowest BCUT2D eigenvalue weighted by Crippen LogP contribution is -2.42. The van der Waals surface area contributed by atoms with Crippen molar-refractivity contribution < 1.29 is 17.9 Å². The first-order chi connectivity index (χ1) is 13.7. The van der Waals surface area contributed by atoms with Gasteiger partial charge < -0.3 is 10.1 Å². The Morgan fingerprint density at radius 2 is 1.90 bits per heavy atom. The molecule has 1 atom stereocenters. The molecular formula is C21H27ClN2O4S. The van der Waals surface area contributed by atoms with Gasteiger partial charge in [0.15, 0.2) is 0 Å². The molecule has 0 saturated carbocycles. The van der Waals surface area contributed by atoms with E-state index in [4.69, 9.17) is 16.3 Å². The third-order valence-electron chi connectivity index (χ3n) is 4.63. The van der Waals surface area contributed by atoms with Crippen molar-refractivity contribution in [3.63, 3.8) is 0 Å². The number of anilines is 1. The van der Waals surface area contributed by atoms with Crippen molar-refractivity contribution in [2.45, 2.75) is 19.8 Å².